The molecule has 2 heterocycles. The van der Waals surface area contributed by atoms with Crippen LogP contribution in [0.2, 0.25) is 0 Å². The van der Waals surface area contributed by atoms with Crippen molar-refractivity contribution in [3.8, 4) is 0 Å². The number of aliphatic carboxylic acids is 1. The second kappa shape index (κ2) is 7.93. The Morgan fingerprint density at radius 2 is 1.70 bits per heavy atom. The molecular formula is C17H12F5N5O3. The molecule has 0 bridgehead atoms. The van der Waals surface area contributed by atoms with Gasteiger partial charge in [0.1, 0.15) is 6.04 Å². The molecule has 30 heavy (non-hydrogen) atoms. The lowest BCUT2D eigenvalue weighted by molar-refractivity contribution is -0.140. The predicted molar refractivity (Wildman–Crippen MR) is 90.1 cm³/mol. The Kier molecular flexibility index (Phi) is 5.54. The summed E-state index contributed by atoms with van der Waals surface area (Å²) in [6, 6.07) is 0.268. The van der Waals surface area contributed by atoms with Gasteiger partial charge >= 0.3 is 5.97 Å². The van der Waals surface area contributed by atoms with Crippen molar-refractivity contribution in [2.45, 2.75) is 19.5 Å². The zero-order valence-electron chi connectivity index (χ0n) is 15.0. The van der Waals surface area contributed by atoms with E-state index in [9.17, 15) is 31.5 Å². The topological polar surface area (TPSA) is 102 Å². The maximum atomic E-state index is 13.8. The van der Waals surface area contributed by atoms with Crippen LogP contribution in [-0.2, 0) is 11.3 Å². The van der Waals surface area contributed by atoms with Crippen molar-refractivity contribution >= 4 is 17.6 Å². The molecule has 0 aliphatic carbocycles. The van der Waals surface area contributed by atoms with Gasteiger partial charge in [0, 0.05) is 12.4 Å². The van der Waals surface area contributed by atoms with Gasteiger partial charge in [0.25, 0.3) is 5.91 Å². The van der Waals surface area contributed by atoms with E-state index in [-0.39, 0.29) is 11.4 Å². The number of nitrogens with zero attached hydrogens (tertiary/aromatic N) is 4. The van der Waals surface area contributed by atoms with Gasteiger partial charge in [-0.15, -0.1) is 0 Å². The quantitative estimate of drug-likeness (QED) is 0.357. The molecule has 13 heteroatoms. The number of aromatic nitrogens is 4. The van der Waals surface area contributed by atoms with E-state index in [1.54, 1.807) is 0 Å². The molecule has 3 aromatic rings. The second-order valence-corrected chi connectivity index (χ2v) is 6.12. The fourth-order valence-corrected chi connectivity index (χ4v) is 2.45. The Morgan fingerprint density at radius 1 is 1.10 bits per heavy atom. The van der Waals surface area contributed by atoms with Crippen LogP contribution >= 0.6 is 0 Å². The predicted octanol–water partition coefficient (Wildman–Crippen LogP) is 2.72. The van der Waals surface area contributed by atoms with E-state index < -0.39 is 59.1 Å². The first kappa shape index (κ1) is 21.0. The Labute approximate surface area is 164 Å². The van der Waals surface area contributed by atoms with Crippen molar-refractivity contribution in [3.63, 3.8) is 0 Å². The van der Waals surface area contributed by atoms with Crippen LogP contribution in [0.5, 0.6) is 0 Å². The number of carboxylic acid groups (broad SMARTS) is 1. The molecule has 0 aliphatic rings. The SMILES string of the molecule is CC(C(=O)O)n1ccc(C(=O)Nc2cnn(Cc3c(F)c(F)c(F)c(F)c3F)c2)n1. The zero-order chi connectivity index (χ0) is 22.2. The average molecular weight is 429 g/mol. The molecule has 0 saturated carbocycles. The highest BCUT2D eigenvalue weighted by molar-refractivity contribution is 6.02. The van der Waals surface area contributed by atoms with Gasteiger partial charge in [-0.3, -0.25) is 14.2 Å². The van der Waals surface area contributed by atoms with E-state index in [0.717, 1.165) is 21.8 Å². The smallest absolute Gasteiger partial charge is 0.328 e. The summed E-state index contributed by atoms with van der Waals surface area (Å²) in [7, 11) is 0. The van der Waals surface area contributed by atoms with Crippen LogP contribution in [0.1, 0.15) is 29.0 Å². The number of carboxylic acids is 1. The second-order valence-electron chi connectivity index (χ2n) is 6.12. The lowest BCUT2D eigenvalue weighted by Gasteiger charge is -2.08. The maximum absolute atomic E-state index is 13.8. The van der Waals surface area contributed by atoms with Gasteiger partial charge in [-0.1, -0.05) is 0 Å². The molecule has 2 N–H and O–H groups in total. The molecule has 158 valence electrons. The summed E-state index contributed by atoms with van der Waals surface area (Å²) < 4.78 is 69.1. The molecule has 0 fully saturated rings. The van der Waals surface area contributed by atoms with Gasteiger partial charge < -0.3 is 10.4 Å². The summed E-state index contributed by atoms with van der Waals surface area (Å²) >= 11 is 0. The summed E-state index contributed by atoms with van der Waals surface area (Å²) in [6.45, 7) is 0.576. The third-order valence-corrected chi connectivity index (χ3v) is 4.11. The number of benzene rings is 1. The fourth-order valence-electron chi connectivity index (χ4n) is 2.45. The van der Waals surface area contributed by atoms with Gasteiger partial charge in [-0.2, -0.15) is 10.2 Å². The van der Waals surface area contributed by atoms with E-state index in [2.05, 4.69) is 15.5 Å². The van der Waals surface area contributed by atoms with Crippen LogP contribution in [0, 0.1) is 29.1 Å². The number of rotatable bonds is 6. The lowest BCUT2D eigenvalue weighted by atomic mass is 10.1. The van der Waals surface area contributed by atoms with Crippen molar-refractivity contribution < 1.29 is 36.6 Å². The standard InChI is InChI=1S/C17H12F5N5O3/c1-7(17(29)30)27-3-2-10(25-27)16(28)24-8-4-23-26(5-8)6-9-11(18)13(20)15(22)14(21)12(9)19/h2-5,7H,6H2,1H3,(H,24,28)(H,29,30). The number of hydrogen-bond acceptors (Lipinski definition) is 4. The molecule has 0 saturated heterocycles. The van der Waals surface area contributed by atoms with Gasteiger partial charge in [0.2, 0.25) is 5.82 Å². The van der Waals surface area contributed by atoms with E-state index in [1.165, 1.54) is 19.2 Å². The maximum Gasteiger partial charge on any atom is 0.328 e. The lowest BCUT2D eigenvalue weighted by Crippen LogP contribution is -2.18. The molecule has 0 spiro atoms. The minimum atomic E-state index is -2.26. The third kappa shape index (κ3) is 3.86. The Bertz CT molecular complexity index is 1110. The number of amides is 1. The Balaban J connectivity index is 1.75. The number of hydrogen-bond donors (Lipinski definition) is 2. The van der Waals surface area contributed by atoms with Crippen molar-refractivity contribution in [2.24, 2.45) is 0 Å². The van der Waals surface area contributed by atoms with Gasteiger partial charge in [-0.25, -0.2) is 26.7 Å². The molecule has 0 radical (unpaired) electrons. The minimum Gasteiger partial charge on any atom is -0.480 e. The van der Waals surface area contributed by atoms with Gasteiger partial charge in [-0.05, 0) is 13.0 Å². The summed E-state index contributed by atoms with van der Waals surface area (Å²) in [6.07, 6.45) is 3.48. The van der Waals surface area contributed by atoms with Crippen LogP contribution in [0.25, 0.3) is 0 Å². The largest absolute Gasteiger partial charge is 0.480 e. The highest BCUT2D eigenvalue weighted by Gasteiger charge is 2.26. The summed E-state index contributed by atoms with van der Waals surface area (Å²) in [5.74, 6) is -12.3. The normalized spacial score (nSPS) is 12.1. The summed E-state index contributed by atoms with van der Waals surface area (Å²) in [4.78, 5) is 23.1. The highest BCUT2D eigenvalue weighted by atomic mass is 19.2. The molecule has 1 unspecified atom stereocenters. The number of carbonyl (C=O) groups is 2. The molecule has 1 amide bonds. The molecule has 1 aromatic carbocycles. The Hall–Kier alpha value is -3.77. The molecule has 1 atom stereocenters. The minimum absolute atomic E-state index is 0.0460. The van der Waals surface area contributed by atoms with Crippen LogP contribution < -0.4 is 5.32 Å². The van der Waals surface area contributed by atoms with Crippen LogP contribution in [0.15, 0.2) is 24.7 Å². The van der Waals surface area contributed by atoms with Crippen molar-refractivity contribution in [1.82, 2.24) is 19.6 Å². The third-order valence-electron chi connectivity index (χ3n) is 4.11. The van der Waals surface area contributed by atoms with E-state index in [1.807, 2.05) is 0 Å². The fraction of sp³-hybridized carbons (Fsp3) is 0.176. The first-order chi connectivity index (χ1) is 14.1. The molecular weight excluding hydrogens is 417 g/mol. The number of halogens is 5. The zero-order valence-corrected chi connectivity index (χ0v) is 15.0. The van der Waals surface area contributed by atoms with Crippen molar-refractivity contribution in [1.29, 1.82) is 0 Å². The van der Waals surface area contributed by atoms with Gasteiger partial charge in [0.05, 0.1) is 24.0 Å². The average Bonchev–Trinajstić information content (AvgIpc) is 3.37. The number of nitrogens with one attached hydrogen (secondary N) is 1. The summed E-state index contributed by atoms with van der Waals surface area (Å²) in [5.41, 5.74) is -1.16. The van der Waals surface area contributed by atoms with E-state index in [0.29, 0.717) is 0 Å². The molecule has 0 aliphatic heterocycles. The molecule has 8 nitrogen and oxygen atoms in total. The highest BCUT2D eigenvalue weighted by Crippen LogP contribution is 2.24. The first-order valence-electron chi connectivity index (χ1n) is 8.22. The van der Waals surface area contributed by atoms with Crippen molar-refractivity contribution in [3.05, 3.63) is 65.0 Å². The number of carbonyl (C=O) groups excluding carboxylic acids is 1. The summed E-state index contributed by atoms with van der Waals surface area (Å²) in [5, 5.41) is 18.8. The number of anilines is 1. The molecule has 2 aromatic heterocycles. The Morgan fingerprint density at radius 3 is 2.30 bits per heavy atom. The van der Waals surface area contributed by atoms with Crippen LogP contribution in [0.3, 0.4) is 0 Å². The van der Waals surface area contributed by atoms with Crippen LogP contribution in [-0.4, -0.2) is 36.5 Å². The van der Waals surface area contributed by atoms with Crippen molar-refractivity contribution in [2.75, 3.05) is 5.32 Å². The van der Waals surface area contributed by atoms with Gasteiger partial charge in [0.15, 0.2) is 29.0 Å². The van der Waals surface area contributed by atoms with E-state index in [4.69, 9.17) is 5.11 Å². The molecule has 3 rings (SSSR count). The monoisotopic (exact) mass is 429 g/mol. The van der Waals surface area contributed by atoms with E-state index >= 15 is 0 Å². The van der Waals surface area contributed by atoms with Crippen LogP contribution in [0.4, 0.5) is 27.6 Å². The first-order valence-corrected chi connectivity index (χ1v) is 8.22.